The van der Waals surface area contributed by atoms with Crippen molar-refractivity contribution in [1.82, 2.24) is 25.2 Å². The molecule has 23 heavy (non-hydrogen) atoms. The van der Waals surface area contributed by atoms with Gasteiger partial charge in [0.1, 0.15) is 0 Å². The molecule has 0 unspecified atom stereocenters. The van der Waals surface area contributed by atoms with Gasteiger partial charge >= 0.3 is 5.91 Å². The van der Waals surface area contributed by atoms with Gasteiger partial charge in [0.15, 0.2) is 5.82 Å². The number of amides is 1. The van der Waals surface area contributed by atoms with Gasteiger partial charge in [-0.2, -0.15) is 9.49 Å². The number of anilines is 1. The van der Waals surface area contributed by atoms with E-state index < -0.39 is 11.9 Å². The van der Waals surface area contributed by atoms with E-state index in [1.54, 1.807) is 7.05 Å². The maximum absolute atomic E-state index is 12.7. The minimum Gasteiger partial charge on any atom is -0.297 e. The van der Waals surface area contributed by atoms with Gasteiger partial charge in [-0.3, -0.25) is 15.6 Å². The highest BCUT2D eigenvalue weighted by Crippen LogP contribution is 2.14. The molecular weight excluding hydrogens is 299 g/mol. The van der Waals surface area contributed by atoms with E-state index in [1.165, 1.54) is 23.0 Å². The van der Waals surface area contributed by atoms with E-state index in [0.29, 0.717) is 11.5 Å². The summed E-state index contributed by atoms with van der Waals surface area (Å²) in [6, 6.07) is 12.0. The molecule has 0 spiro atoms. The van der Waals surface area contributed by atoms with Crippen LogP contribution < -0.4 is 10.9 Å². The standard InChI is InChI=1S/C15H13FN6O/c1-22-14(18-13(21-22)10-5-3-2-4-6-10)15(23)20-19-11-7-8-12(16)17-9-11/h2-9,19H,1H3,(H,20,23). The van der Waals surface area contributed by atoms with Crippen LogP contribution in [0.15, 0.2) is 48.7 Å². The molecule has 8 heteroatoms. The van der Waals surface area contributed by atoms with Crippen LogP contribution in [0.3, 0.4) is 0 Å². The van der Waals surface area contributed by atoms with Crippen molar-refractivity contribution >= 4 is 11.6 Å². The quantitative estimate of drug-likeness (QED) is 0.566. The third-order valence-corrected chi connectivity index (χ3v) is 3.05. The number of carbonyl (C=O) groups is 1. The summed E-state index contributed by atoms with van der Waals surface area (Å²) in [4.78, 5) is 19.9. The molecule has 116 valence electrons. The predicted molar refractivity (Wildman–Crippen MR) is 81.7 cm³/mol. The number of nitrogens with one attached hydrogen (secondary N) is 2. The van der Waals surface area contributed by atoms with Crippen molar-refractivity contribution in [1.29, 1.82) is 0 Å². The van der Waals surface area contributed by atoms with Crippen LogP contribution in [0.1, 0.15) is 10.6 Å². The van der Waals surface area contributed by atoms with Crippen LogP contribution in [0.25, 0.3) is 11.4 Å². The van der Waals surface area contributed by atoms with Crippen molar-refractivity contribution < 1.29 is 9.18 Å². The molecule has 0 saturated heterocycles. The van der Waals surface area contributed by atoms with Crippen LogP contribution in [0, 0.1) is 5.95 Å². The zero-order chi connectivity index (χ0) is 16.2. The van der Waals surface area contributed by atoms with Gasteiger partial charge in [-0.1, -0.05) is 30.3 Å². The summed E-state index contributed by atoms with van der Waals surface area (Å²) in [7, 11) is 1.63. The lowest BCUT2D eigenvalue weighted by atomic mass is 10.2. The molecule has 3 aromatic rings. The molecule has 0 aliphatic rings. The summed E-state index contributed by atoms with van der Waals surface area (Å²) >= 11 is 0. The fourth-order valence-corrected chi connectivity index (χ4v) is 1.93. The monoisotopic (exact) mass is 312 g/mol. The van der Waals surface area contributed by atoms with Crippen molar-refractivity contribution in [3.8, 4) is 11.4 Å². The summed E-state index contributed by atoms with van der Waals surface area (Å²) in [5.74, 6) is -0.456. The van der Waals surface area contributed by atoms with Crippen LogP contribution in [0.5, 0.6) is 0 Å². The van der Waals surface area contributed by atoms with Crippen LogP contribution >= 0.6 is 0 Å². The minimum absolute atomic E-state index is 0.145. The number of halogens is 1. The first kappa shape index (κ1) is 14.6. The van der Waals surface area contributed by atoms with Crippen LogP contribution in [-0.4, -0.2) is 25.7 Å². The zero-order valence-corrected chi connectivity index (χ0v) is 12.2. The second kappa shape index (κ2) is 6.22. The smallest absolute Gasteiger partial charge is 0.297 e. The van der Waals surface area contributed by atoms with Gasteiger partial charge < -0.3 is 0 Å². The lowest BCUT2D eigenvalue weighted by Gasteiger charge is -2.06. The Kier molecular flexibility index (Phi) is 3.96. The normalized spacial score (nSPS) is 10.3. The molecule has 0 fully saturated rings. The Morgan fingerprint density at radius 3 is 2.65 bits per heavy atom. The van der Waals surface area contributed by atoms with E-state index in [4.69, 9.17) is 0 Å². The van der Waals surface area contributed by atoms with Gasteiger partial charge in [0.2, 0.25) is 11.8 Å². The summed E-state index contributed by atoms with van der Waals surface area (Å²) in [5, 5.41) is 4.22. The second-order valence-corrected chi connectivity index (χ2v) is 4.70. The van der Waals surface area contributed by atoms with Crippen molar-refractivity contribution in [3.63, 3.8) is 0 Å². The highest BCUT2D eigenvalue weighted by Gasteiger charge is 2.16. The molecule has 0 aliphatic heterocycles. The first-order chi connectivity index (χ1) is 11.1. The summed E-state index contributed by atoms with van der Waals surface area (Å²) in [6.45, 7) is 0. The van der Waals surface area contributed by atoms with Gasteiger partial charge in [-0.15, -0.1) is 0 Å². The molecule has 0 bridgehead atoms. The Balaban J connectivity index is 1.72. The molecule has 3 rings (SSSR count). The highest BCUT2D eigenvalue weighted by molar-refractivity contribution is 5.91. The Morgan fingerprint density at radius 2 is 1.96 bits per heavy atom. The van der Waals surface area contributed by atoms with Gasteiger partial charge in [-0.05, 0) is 12.1 Å². The van der Waals surface area contributed by atoms with E-state index in [1.807, 2.05) is 30.3 Å². The zero-order valence-electron chi connectivity index (χ0n) is 12.2. The molecule has 0 saturated carbocycles. The molecule has 2 N–H and O–H groups in total. The summed E-state index contributed by atoms with van der Waals surface area (Å²) in [5.41, 5.74) is 6.37. The molecule has 1 aromatic carbocycles. The van der Waals surface area contributed by atoms with Crippen molar-refractivity contribution in [2.24, 2.45) is 7.05 Å². The highest BCUT2D eigenvalue weighted by atomic mass is 19.1. The fraction of sp³-hybridized carbons (Fsp3) is 0.0667. The number of rotatable bonds is 4. The Bertz CT molecular complexity index is 816. The average Bonchev–Trinajstić information content (AvgIpc) is 2.97. The topological polar surface area (TPSA) is 84.7 Å². The van der Waals surface area contributed by atoms with Gasteiger partial charge in [0, 0.05) is 12.6 Å². The largest absolute Gasteiger partial charge is 0.307 e. The molecule has 0 aliphatic carbocycles. The summed E-state index contributed by atoms with van der Waals surface area (Å²) < 4.78 is 14.1. The molecule has 0 atom stereocenters. The Hall–Kier alpha value is -3.29. The van der Waals surface area contributed by atoms with Crippen LogP contribution in [-0.2, 0) is 7.05 Å². The van der Waals surface area contributed by atoms with Crippen LogP contribution in [0.2, 0.25) is 0 Å². The SMILES string of the molecule is Cn1nc(-c2ccccc2)nc1C(=O)NNc1ccc(F)nc1. The third-order valence-electron chi connectivity index (χ3n) is 3.05. The summed E-state index contributed by atoms with van der Waals surface area (Å²) in [6.07, 6.45) is 1.27. The number of nitrogens with zero attached hydrogens (tertiary/aromatic N) is 4. The number of hydrogen-bond donors (Lipinski definition) is 2. The number of carbonyl (C=O) groups excluding carboxylic acids is 1. The lowest BCUT2D eigenvalue weighted by molar-refractivity contribution is 0.0948. The number of aromatic nitrogens is 4. The van der Waals surface area contributed by atoms with E-state index >= 15 is 0 Å². The second-order valence-electron chi connectivity index (χ2n) is 4.70. The molecule has 2 heterocycles. The average molecular weight is 312 g/mol. The van der Waals surface area contributed by atoms with Crippen LogP contribution in [0.4, 0.5) is 10.1 Å². The maximum atomic E-state index is 12.7. The third kappa shape index (κ3) is 3.31. The van der Waals surface area contributed by atoms with Gasteiger partial charge in [0.05, 0.1) is 11.9 Å². The molecule has 1 amide bonds. The van der Waals surface area contributed by atoms with E-state index in [9.17, 15) is 9.18 Å². The minimum atomic E-state index is -0.595. The van der Waals surface area contributed by atoms with Crippen molar-refractivity contribution in [2.45, 2.75) is 0 Å². The Labute approximate surface area is 131 Å². The van der Waals surface area contributed by atoms with E-state index in [0.717, 1.165) is 5.56 Å². The Morgan fingerprint density at radius 1 is 1.17 bits per heavy atom. The first-order valence-electron chi connectivity index (χ1n) is 6.78. The number of hydrazine groups is 1. The predicted octanol–water partition coefficient (Wildman–Crippen LogP) is 1.77. The molecular formula is C15H13FN6O. The van der Waals surface area contributed by atoms with E-state index in [-0.39, 0.29) is 5.82 Å². The molecule has 0 radical (unpaired) electrons. The number of aryl methyl sites for hydroxylation is 1. The number of hydrogen-bond acceptors (Lipinski definition) is 5. The molecule has 7 nitrogen and oxygen atoms in total. The molecule has 2 aromatic heterocycles. The number of benzene rings is 1. The van der Waals surface area contributed by atoms with Gasteiger partial charge in [-0.25, -0.2) is 14.6 Å². The fourth-order valence-electron chi connectivity index (χ4n) is 1.93. The lowest BCUT2D eigenvalue weighted by Crippen LogP contribution is -2.31. The van der Waals surface area contributed by atoms with Crippen molar-refractivity contribution in [3.05, 3.63) is 60.4 Å². The maximum Gasteiger partial charge on any atom is 0.307 e. The van der Waals surface area contributed by atoms with E-state index in [2.05, 4.69) is 25.9 Å². The van der Waals surface area contributed by atoms with Crippen molar-refractivity contribution in [2.75, 3.05) is 5.43 Å². The van der Waals surface area contributed by atoms with Gasteiger partial charge in [0.25, 0.3) is 0 Å². The number of pyridine rings is 1. The first-order valence-corrected chi connectivity index (χ1v) is 6.78.